The molecule has 0 aliphatic rings. The molecular formula is C24H30N2OS. The predicted octanol–water partition coefficient (Wildman–Crippen LogP) is 6.81. The lowest BCUT2D eigenvalue weighted by atomic mass is 9.96. The van der Waals surface area contributed by atoms with Gasteiger partial charge in [-0.25, -0.2) is 4.98 Å². The topological polar surface area (TPSA) is 45.2 Å². The number of anilines is 1. The third-order valence-electron chi connectivity index (χ3n) is 4.93. The van der Waals surface area contributed by atoms with Crippen molar-refractivity contribution in [2.75, 3.05) is 5.32 Å². The van der Waals surface area contributed by atoms with E-state index < -0.39 is 0 Å². The summed E-state index contributed by atoms with van der Waals surface area (Å²) >= 11 is 1.68. The number of nitrogens with zero attached hydrogens (tertiary/aromatic N) is 1. The van der Waals surface area contributed by atoms with E-state index in [4.69, 9.17) is 4.98 Å². The normalized spacial score (nSPS) is 10.9. The number of rotatable bonds is 10. The van der Waals surface area contributed by atoms with E-state index in [1.807, 2.05) is 18.2 Å². The third-order valence-corrected chi connectivity index (χ3v) is 5.78. The van der Waals surface area contributed by atoms with Gasteiger partial charge >= 0.3 is 0 Å². The Morgan fingerprint density at radius 2 is 1.61 bits per heavy atom. The van der Waals surface area contributed by atoms with Crippen LogP contribution >= 0.6 is 11.3 Å². The molecule has 0 unspecified atom stereocenters. The molecule has 0 radical (unpaired) electrons. The van der Waals surface area contributed by atoms with Crippen molar-refractivity contribution in [1.82, 2.24) is 4.98 Å². The Morgan fingerprint density at radius 1 is 0.964 bits per heavy atom. The van der Waals surface area contributed by atoms with Gasteiger partial charge in [-0.05, 0) is 61.1 Å². The largest absolute Gasteiger partial charge is 0.507 e. The zero-order valence-corrected chi connectivity index (χ0v) is 17.7. The van der Waals surface area contributed by atoms with Crippen LogP contribution in [0.5, 0.6) is 5.75 Å². The van der Waals surface area contributed by atoms with E-state index in [0.29, 0.717) is 5.75 Å². The van der Waals surface area contributed by atoms with Gasteiger partial charge in [-0.1, -0.05) is 44.9 Å². The highest BCUT2D eigenvalue weighted by atomic mass is 32.1. The molecule has 0 bridgehead atoms. The summed E-state index contributed by atoms with van der Waals surface area (Å²) in [5, 5.41) is 17.3. The first-order valence-electron chi connectivity index (χ1n) is 10.3. The smallest absolute Gasteiger partial charge is 0.121 e. The molecule has 1 heterocycles. The summed E-state index contributed by atoms with van der Waals surface area (Å²) in [5.74, 6) is 0.492. The average Bonchev–Trinajstić information content (AvgIpc) is 3.20. The van der Waals surface area contributed by atoms with E-state index in [2.05, 4.69) is 48.8 Å². The molecule has 3 nitrogen and oxygen atoms in total. The first kappa shape index (κ1) is 20.4. The van der Waals surface area contributed by atoms with Crippen LogP contribution in [0.3, 0.4) is 0 Å². The van der Waals surface area contributed by atoms with Gasteiger partial charge < -0.3 is 10.4 Å². The minimum absolute atomic E-state index is 0.492. The lowest BCUT2D eigenvalue weighted by Crippen LogP contribution is -1.98. The van der Waals surface area contributed by atoms with Crippen molar-refractivity contribution >= 4 is 17.0 Å². The highest BCUT2D eigenvalue weighted by Crippen LogP contribution is 2.33. The van der Waals surface area contributed by atoms with E-state index in [-0.39, 0.29) is 0 Å². The van der Waals surface area contributed by atoms with E-state index in [0.717, 1.165) is 78.1 Å². The van der Waals surface area contributed by atoms with E-state index in [1.165, 1.54) is 0 Å². The molecule has 148 valence electrons. The van der Waals surface area contributed by atoms with E-state index in [9.17, 15) is 5.11 Å². The Kier molecular flexibility index (Phi) is 7.49. The van der Waals surface area contributed by atoms with Crippen LogP contribution < -0.4 is 5.32 Å². The van der Waals surface area contributed by atoms with Crippen molar-refractivity contribution in [3.63, 3.8) is 0 Å². The van der Waals surface area contributed by atoms with Crippen molar-refractivity contribution in [3.8, 4) is 17.0 Å². The number of phenols is 1. The summed E-state index contributed by atoms with van der Waals surface area (Å²) in [7, 11) is 0. The van der Waals surface area contributed by atoms with Crippen LogP contribution in [0.4, 0.5) is 5.69 Å². The van der Waals surface area contributed by atoms with Crippen molar-refractivity contribution in [3.05, 3.63) is 64.0 Å². The molecule has 3 rings (SSSR count). The van der Waals surface area contributed by atoms with Gasteiger partial charge in [0, 0.05) is 16.6 Å². The fourth-order valence-corrected chi connectivity index (χ4v) is 4.02. The molecule has 0 atom stereocenters. The van der Waals surface area contributed by atoms with Crippen LogP contribution in [0.15, 0.2) is 47.8 Å². The Balaban J connectivity index is 1.80. The van der Waals surface area contributed by atoms with Crippen LogP contribution in [-0.4, -0.2) is 10.1 Å². The second-order valence-electron chi connectivity index (χ2n) is 7.20. The Morgan fingerprint density at radius 3 is 2.21 bits per heavy atom. The minimum atomic E-state index is 0.492. The lowest BCUT2D eigenvalue weighted by Gasteiger charge is -2.12. The quantitative estimate of drug-likeness (QED) is 0.397. The van der Waals surface area contributed by atoms with Crippen molar-refractivity contribution in [2.45, 2.75) is 58.9 Å². The first-order valence-corrected chi connectivity index (χ1v) is 11.2. The van der Waals surface area contributed by atoms with Gasteiger partial charge in [0.05, 0.1) is 12.2 Å². The SMILES string of the molecule is CCCCc1cc(-c2csc(CNc3ccccc3)n2)cc(CCCC)c1O. The lowest BCUT2D eigenvalue weighted by molar-refractivity contribution is 0.458. The minimum Gasteiger partial charge on any atom is -0.507 e. The number of hydrogen-bond donors (Lipinski definition) is 2. The Hall–Kier alpha value is -2.33. The highest BCUT2D eigenvalue weighted by Gasteiger charge is 2.13. The van der Waals surface area contributed by atoms with Crippen molar-refractivity contribution in [2.24, 2.45) is 0 Å². The average molecular weight is 395 g/mol. The number of phenolic OH excluding ortho intramolecular Hbond substituents is 1. The number of aromatic hydroxyl groups is 1. The molecule has 0 amide bonds. The second-order valence-corrected chi connectivity index (χ2v) is 8.14. The number of benzene rings is 2. The van der Waals surface area contributed by atoms with Gasteiger partial charge in [0.2, 0.25) is 0 Å². The molecule has 1 aromatic heterocycles. The number of aromatic nitrogens is 1. The molecule has 4 heteroatoms. The van der Waals surface area contributed by atoms with Gasteiger partial charge in [0.1, 0.15) is 10.8 Å². The summed E-state index contributed by atoms with van der Waals surface area (Å²) in [6.07, 6.45) is 6.27. The van der Waals surface area contributed by atoms with Gasteiger partial charge in [-0.3, -0.25) is 0 Å². The van der Waals surface area contributed by atoms with Gasteiger partial charge in [0.15, 0.2) is 0 Å². The number of hydrogen-bond acceptors (Lipinski definition) is 4. The fourth-order valence-electron chi connectivity index (χ4n) is 3.28. The molecule has 0 spiro atoms. The number of para-hydroxylation sites is 1. The molecule has 0 aliphatic carbocycles. The summed E-state index contributed by atoms with van der Waals surface area (Å²) in [4.78, 5) is 4.84. The number of unbranched alkanes of at least 4 members (excludes halogenated alkanes) is 2. The van der Waals surface area contributed by atoms with Gasteiger partial charge in [0.25, 0.3) is 0 Å². The zero-order chi connectivity index (χ0) is 19.8. The molecule has 2 aromatic carbocycles. The van der Waals surface area contributed by atoms with Crippen LogP contribution in [0, 0.1) is 0 Å². The summed E-state index contributed by atoms with van der Waals surface area (Å²) in [5.41, 5.74) is 5.35. The van der Waals surface area contributed by atoms with E-state index >= 15 is 0 Å². The number of aryl methyl sites for hydroxylation is 2. The summed E-state index contributed by atoms with van der Waals surface area (Å²) < 4.78 is 0. The van der Waals surface area contributed by atoms with Crippen LogP contribution in [0.25, 0.3) is 11.3 Å². The zero-order valence-electron chi connectivity index (χ0n) is 16.9. The molecule has 28 heavy (non-hydrogen) atoms. The maximum atomic E-state index is 10.7. The number of thiazole rings is 1. The van der Waals surface area contributed by atoms with Crippen LogP contribution in [0.2, 0.25) is 0 Å². The number of nitrogens with one attached hydrogen (secondary N) is 1. The predicted molar refractivity (Wildman–Crippen MR) is 120 cm³/mol. The van der Waals surface area contributed by atoms with Gasteiger partial charge in [-0.15, -0.1) is 11.3 Å². The first-order chi connectivity index (χ1) is 13.7. The third kappa shape index (κ3) is 5.35. The Labute approximate surface area is 172 Å². The van der Waals surface area contributed by atoms with Crippen molar-refractivity contribution < 1.29 is 5.11 Å². The summed E-state index contributed by atoms with van der Waals surface area (Å²) in [6.45, 7) is 5.09. The molecule has 0 saturated heterocycles. The second kappa shape index (κ2) is 10.3. The monoisotopic (exact) mass is 394 g/mol. The molecule has 0 aliphatic heterocycles. The van der Waals surface area contributed by atoms with Crippen LogP contribution in [-0.2, 0) is 19.4 Å². The van der Waals surface area contributed by atoms with Gasteiger partial charge in [-0.2, -0.15) is 0 Å². The Bertz CT molecular complexity index is 844. The molecule has 2 N–H and O–H groups in total. The van der Waals surface area contributed by atoms with E-state index in [1.54, 1.807) is 11.3 Å². The van der Waals surface area contributed by atoms with Crippen molar-refractivity contribution in [1.29, 1.82) is 0 Å². The standard InChI is InChI=1S/C24H30N2OS/c1-3-5-10-18-14-20(15-19(24(18)27)11-6-4-2)22-17-28-23(26-22)16-25-21-12-8-7-9-13-21/h7-9,12-15,17,25,27H,3-6,10-11,16H2,1-2H3. The molecular weight excluding hydrogens is 364 g/mol. The fraction of sp³-hybridized carbons (Fsp3) is 0.375. The molecule has 0 fully saturated rings. The highest BCUT2D eigenvalue weighted by molar-refractivity contribution is 7.09. The summed E-state index contributed by atoms with van der Waals surface area (Å²) in [6, 6.07) is 14.5. The maximum absolute atomic E-state index is 10.7. The molecule has 0 saturated carbocycles. The van der Waals surface area contributed by atoms with Crippen LogP contribution in [0.1, 0.15) is 55.7 Å². The maximum Gasteiger partial charge on any atom is 0.121 e. The molecule has 3 aromatic rings.